The summed E-state index contributed by atoms with van der Waals surface area (Å²) in [6, 6.07) is 3.51. The molecule has 0 atom stereocenters. The van der Waals surface area contributed by atoms with Crippen LogP contribution in [0.4, 0.5) is 22.0 Å². The first-order valence-corrected chi connectivity index (χ1v) is 5.63. The number of rotatable bonds is 3. The van der Waals surface area contributed by atoms with E-state index in [1.807, 2.05) is 0 Å². The molecule has 0 aliphatic heterocycles. The quantitative estimate of drug-likeness (QED) is 0.619. The molecule has 7 heteroatoms. The van der Waals surface area contributed by atoms with Gasteiger partial charge < -0.3 is 4.74 Å². The Labute approximate surface area is 112 Å². The third-order valence-corrected chi connectivity index (χ3v) is 2.70. The van der Waals surface area contributed by atoms with E-state index in [0.717, 1.165) is 12.1 Å². The lowest BCUT2D eigenvalue weighted by Crippen LogP contribution is -2.33. The molecule has 0 radical (unpaired) electrons. The van der Waals surface area contributed by atoms with Crippen LogP contribution in [0.3, 0.4) is 0 Å². The summed E-state index contributed by atoms with van der Waals surface area (Å²) in [5.74, 6) is -5.50. The molecule has 2 nitrogen and oxygen atoms in total. The lowest BCUT2D eigenvalue weighted by Gasteiger charge is -2.26. The number of benzene rings is 1. The molecule has 0 amide bonds. The van der Waals surface area contributed by atoms with Crippen LogP contribution in [-0.2, 0) is 21.1 Å². The van der Waals surface area contributed by atoms with Gasteiger partial charge in [0.25, 0.3) is 0 Å². The second-order valence-electron chi connectivity index (χ2n) is 4.75. The minimum atomic E-state index is -5.65. The molecule has 0 bridgehead atoms. The van der Waals surface area contributed by atoms with Crippen molar-refractivity contribution in [3.8, 4) is 0 Å². The summed E-state index contributed by atoms with van der Waals surface area (Å²) >= 11 is 0. The van der Waals surface area contributed by atoms with Crippen molar-refractivity contribution in [2.24, 2.45) is 0 Å². The van der Waals surface area contributed by atoms with Gasteiger partial charge in [-0.25, -0.2) is 0 Å². The minimum Gasteiger partial charge on any atom is -0.455 e. The fourth-order valence-electron chi connectivity index (χ4n) is 1.66. The molecular formula is C13H13F5O2. The van der Waals surface area contributed by atoms with Gasteiger partial charge in [-0.1, -0.05) is 24.3 Å². The second-order valence-corrected chi connectivity index (χ2v) is 4.75. The maximum atomic E-state index is 13.1. The normalized spacial score (nSPS) is 13.2. The molecule has 0 aliphatic carbocycles. The van der Waals surface area contributed by atoms with Crippen LogP contribution in [0.5, 0.6) is 0 Å². The number of carbonyl (C=O) groups excluding carboxylic acids is 1. The third kappa shape index (κ3) is 3.26. The highest BCUT2D eigenvalue weighted by molar-refractivity contribution is 5.66. The van der Waals surface area contributed by atoms with E-state index in [2.05, 4.69) is 0 Å². The Balaban J connectivity index is 3.09. The van der Waals surface area contributed by atoms with Gasteiger partial charge in [0.2, 0.25) is 0 Å². The van der Waals surface area contributed by atoms with E-state index in [0.29, 0.717) is 17.7 Å². The fourth-order valence-corrected chi connectivity index (χ4v) is 1.66. The van der Waals surface area contributed by atoms with E-state index in [9.17, 15) is 26.7 Å². The molecule has 1 aromatic rings. The van der Waals surface area contributed by atoms with Gasteiger partial charge >= 0.3 is 18.1 Å². The lowest BCUT2D eigenvalue weighted by atomic mass is 9.95. The molecule has 0 unspecified atom stereocenters. The van der Waals surface area contributed by atoms with Crippen LogP contribution < -0.4 is 0 Å². The predicted octanol–water partition coefficient (Wildman–Crippen LogP) is 4.14. The van der Waals surface area contributed by atoms with Crippen LogP contribution in [-0.4, -0.2) is 12.1 Å². The summed E-state index contributed by atoms with van der Waals surface area (Å²) in [6.07, 6.45) is -5.65. The van der Waals surface area contributed by atoms with Gasteiger partial charge in [-0.15, -0.1) is 0 Å². The van der Waals surface area contributed by atoms with Crippen LogP contribution in [0, 0.1) is 0 Å². The second kappa shape index (κ2) is 5.03. The molecule has 0 saturated heterocycles. The fraction of sp³-hybridized carbons (Fsp3) is 0.462. The maximum absolute atomic E-state index is 13.1. The number of ether oxygens (including phenoxy) is 1. The highest BCUT2D eigenvalue weighted by Crippen LogP contribution is 2.44. The Morgan fingerprint density at radius 1 is 0.950 bits per heavy atom. The summed E-state index contributed by atoms with van der Waals surface area (Å²) in [5.41, 5.74) is -1.96. The number of hydrogen-bond acceptors (Lipinski definition) is 2. The molecule has 0 N–H and O–H groups in total. The first-order valence-electron chi connectivity index (χ1n) is 5.63. The summed E-state index contributed by atoms with van der Waals surface area (Å²) in [6.45, 7) is 4.19. The van der Waals surface area contributed by atoms with Crippen molar-refractivity contribution in [3.63, 3.8) is 0 Å². The van der Waals surface area contributed by atoms with Gasteiger partial charge in [0.05, 0.1) is 0 Å². The van der Waals surface area contributed by atoms with Crippen molar-refractivity contribution in [1.82, 2.24) is 0 Å². The van der Waals surface area contributed by atoms with E-state index in [4.69, 9.17) is 4.74 Å². The zero-order valence-corrected chi connectivity index (χ0v) is 11.0. The van der Waals surface area contributed by atoms with Gasteiger partial charge in [0.1, 0.15) is 5.60 Å². The number of carbonyl (C=O) groups is 1. The highest BCUT2D eigenvalue weighted by Gasteiger charge is 2.58. The Kier molecular flexibility index (Phi) is 4.12. The molecule has 0 spiro atoms. The van der Waals surface area contributed by atoms with E-state index < -0.39 is 29.2 Å². The molecule has 0 saturated carbocycles. The molecule has 0 aliphatic rings. The summed E-state index contributed by atoms with van der Waals surface area (Å²) < 4.78 is 67.8. The standard InChI is InChI=1S/C13H13F5O2/c1-8(19)20-11(2,3)9-4-6-10(7-5-9)12(14,15)13(16,17)18/h4-7H,1-3H3. The number of alkyl halides is 5. The van der Waals surface area contributed by atoms with Crippen molar-refractivity contribution in [2.45, 2.75) is 38.5 Å². The molecule has 0 fully saturated rings. The zero-order valence-electron chi connectivity index (χ0n) is 11.0. The van der Waals surface area contributed by atoms with Crippen LogP contribution in [0.15, 0.2) is 24.3 Å². The molecule has 1 aromatic carbocycles. The van der Waals surface area contributed by atoms with Crippen LogP contribution in [0.2, 0.25) is 0 Å². The molecule has 112 valence electrons. The highest BCUT2D eigenvalue weighted by atomic mass is 19.4. The van der Waals surface area contributed by atoms with E-state index in [1.165, 1.54) is 20.8 Å². The maximum Gasteiger partial charge on any atom is 0.458 e. The van der Waals surface area contributed by atoms with Crippen molar-refractivity contribution < 1.29 is 31.5 Å². The number of halogens is 5. The molecule has 0 heterocycles. The van der Waals surface area contributed by atoms with Gasteiger partial charge in [-0.3, -0.25) is 4.79 Å². The average Bonchev–Trinajstić information content (AvgIpc) is 2.26. The first-order chi connectivity index (χ1) is 8.88. The summed E-state index contributed by atoms with van der Waals surface area (Å²) in [7, 11) is 0. The largest absolute Gasteiger partial charge is 0.458 e. The van der Waals surface area contributed by atoms with Crippen LogP contribution >= 0.6 is 0 Å². The monoisotopic (exact) mass is 296 g/mol. The first kappa shape index (κ1) is 16.4. The zero-order chi connectivity index (χ0) is 15.8. The van der Waals surface area contributed by atoms with E-state index in [1.54, 1.807) is 0 Å². The van der Waals surface area contributed by atoms with Crippen molar-refractivity contribution in [2.75, 3.05) is 0 Å². The predicted molar refractivity (Wildman–Crippen MR) is 61.2 cm³/mol. The molecule has 20 heavy (non-hydrogen) atoms. The van der Waals surface area contributed by atoms with E-state index >= 15 is 0 Å². The Hall–Kier alpha value is -1.66. The molecular weight excluding hydrogens is 283 g/mol. The SMILES string of the molecule is CC(=O)OC(C)(C)c1ccc(C(F)(F)C(F)(F)F)cc1. The van der Waals surface area contributed by atoms with Crippen molar-refractivity contribution in [3.05, 3.63) is 35.4 Å². The van der Waals surface area contributed by atoms with Gasteiger partial charge in [0, 0.05) is 12.5 Å². The van der Waals surface area contributed by atoms with Gasteiger partial charge in [-0.2, -0.15) is 22.0 Å². The smallest absolute Gasteiger partial charge is 0.455 e. The van der Waals surface area contributed by atoms with Crippen molar-refractivity contribution >= 4 is 5.97 Å². The third-order valence-electron chi connectivity index (χ3n) is 2.70. The van der Waals surface area contributed by atoms with Crippen LogP contribution in [0.25, 0.3) is 0 Å². The van der Waals surface area contributed by atoms with E-state index in [-0.39, 0.29) is 0 Å². The Morgan fingerprint density at radius 2 is 1.35 bits per heavy atom. The number of hydrogen-bond donors (Lipinski definition) is 0. The average molecular weight is 296 g/mol. The van der Waals surface area contributed by atoms with Gasteiger partial charge in [0.15, 0.2) is 0 Å². The summed E-state index contributed by atoms with van der Waals surface area (Å²) in [5, 5.41) is 0. The minimum absolute atomic E-state index is 0.314. The van der Waals surface area contributed by atoms with Crippen molar-refractivity contribution in [1.29, 1.82) is 0 Å². The number of esters is 1. The van der Waals surface area contributed by atoms with Crippen LogP contribution in [0.1, 0.15) is 31.9 Å². The van der Waals surface area contributed by atoms with Gasteiger partial charge in [-0.05, 0) is 19.4 Å². The molecule has 1 rings (SSSR count). The summed E-state index contributed by atoms with van der Waals surface area (Å²) in [4.78, 5) is 10.9. The lowest BCUT2D eigenvalue weighted by molar-refractivity contribution is -0.289. The molecule has 0 aromatic heterocycles. The Morgan fingerprint density at radius 3 is 1.70 bits per heavy atom. The Bertz CT molecular complexity index is 488. The topological polar surface area (TPSA) is 26.3 Å².